The minimum absolute atomic E-state index is 0.726. The molecular weight excluding hydrogens is 330 g/mol. The van der Waals surface area contributed by atoms with E-state index in [0.717, 1.165) is 42.7 Å². The maximum atomic E-state index is 5.06. The third kappa shape index (κ3) is 4.40. The van der Waals surface area contributed by atoms with Gasteiger partial charge in [0.1, 0.15) is 0 Å². The lowest BCUT2D eigenvalue weighted by Gasteiger charge is -2.10. The molecule has 0 atom stereocenters. The van der Waals surface area contributed by atoms with Crippen LogP contribution < -0.4 is 5.32 Å². The summed E-state index contributed by atoms with van der Waals surface area (Å²) in [6.45, 7) is 4.60. The molecule has 2 aromatic rings. The Bertz CT molecular complexity index is 551. The summed E-state index contributed by atoms with van der Waals surface area (Å²) in [5.41, 5.74) is 3.64. The van der Waals surface area contributed by atoms with Gasteiger partial charge in [0.05, 0.1) is 18.5 Å². The van der Waals surface area contributed by atoms with Crippen molar-refractivity contribution in [3.8, 4) is 5.69 Å². The second-order valence-corrected chi connectivity index (χ2v) is 5.84. The molecule has 0 aliphatic heterocycles. The van der Waals surface area contributed by atoms with E-state index >= 15 is 0 Å². The van der Waals surface area contributed by atoms with Crippen LogP contribution in [0.3, 0.4) is 0 Å². The quantitative estimate of drug-likeness (QED) is 0.741. The number of halogens is 1. The molecule has 0 aliphatic carbocycles. The normalized spacial score (nSPS) is 11.0. The van der Waals surface area contributed by atoms with Crippen LogP contribution in [0.2, 0.25) is 0 Å². The fourth-order valence-electron chi connectivity index (χ4n) is 2.26. The Morgan fingerprint density at radius 2 is 2.05 bits per heavy atom. The van der Waals surface area contributed by atoms with E-state index in [1.807, 2.05) is 23.0 Å². The summed E-state index contributed by atoms with van der Waals surface area (Å²) in [7, 11) is 1.72. The number of nitrogens with one attached hydrogen (secondary N) is 1. The molecule has 114 valence electrons. The van der Waals surface area contributed by atoms with Crippen molar-refractivity contribution in [3.63, 3.8) is 0 Å². The highest BCUT2D eigenvalue weighted by molar-refractivity contribution is 9.10. The number of hydrogen-bond donors (Lipinski definition) is 1. The van der Waals surface area contributed by atoms with Gasteiger partial charge in [-0.15, -0.1) is 0 Å². The number of rotatable bonds is 8. The predicted octanol–water partition coefficient (Wildman–Crippen LogP) is 3.32. The summed E-state index contributed by atoms with van der Waals surface area (Å²) in [5.74, 6) is 0. The number of aromatic nitrogens is 2. The van der Waals surface area contributed by atoms with Crippen molar-refractivity contribution < 1.29 is 4.74 Å². The van der Waals surface area contributed by atoms with Crippen molar-refractivity contribution in [2.24, 2.45) is 0 Å². The molecular formula is C16H22BrN3O. The van der Waals surface area contributed by atoms with Gasteiger partial charge in [0.2, 0.25) is 0 Å². The Morgan fingerprint density at radius 3 is 2.71 bits per heavy atom. The molecule has 0 bridgehead atoms. The van der Waals surface area contributed by atoms with E-state index in [4.69, 9.17) is 4.74 Å². The Kier molecular flexibility index (Phi) is 6.42. The molecule has 1 aromatic heterocycles. The minimum atomic E-state index is 0.726. The van der Waals surface area contributed by atoms with Crippen LogP contribution in [0.5, 0.6) is 0 Å². The third-order valence-corrected chi connectivity index (χ3v) is 3.84. The monoisotopic (exact) mass is 351 g/mol. The molecule has 2 rings (SSSR count). The molecule has 0 spiro atoms. The molecule has 1 N–H and O–H groups in total. The summed E-state index contributed by atoms with van der Waals surface area (Å²) in [6, 6.07) is 8.25. The van der Waals surface area contributed by atoms with Crippen LogP contribution in [-0.2, 0) is 17.7 Å². The van der Waals surface area contributed by atoms with Crippen molar-refractivity contribution in [1.29, 1.82) is 0 Å². The van der Waals surface area contributed by atoms with Gasteiger partial charge < -0.3 is 10.1 Å². The Balaban J connectivity index is 2.17. The Morgan fingerprint density at radius 1 is 1.29 bits per heavy atom. The van der Waals surface area contributed by atoms with E-state index < -0.39 is 0 Å². The first-order valence-electron chi connectivity index (χ1n) is 7.27. The first-order chi connectivity index (χ1) is 10.3. The summed E-state index contributed by atoms with van der Waals surface area (Å²) in [4.78, 5) is 0. The number of benzene rings is 1. The van der Waals surface area contributed by atoms with Crippen LogP contribution in [0.15, 0.2) is 34.9 Å². The van der Waals surface area contributed by atoms with E-state index in [1.54, 1.807) is 7.11 Å². The standard InChI is InChI=1S/C16H22BrN3O/c1-3-4-16-13(11-18-9-10-21-2)12-19-20(16)15-7-5-14(17)6-8-15/h5-8,12,18H,3-4,9-11H2,1-2H3. The van der Waals surface area contributed by atoms with Crippen LogP contribution in [0.1, 0.15) is 24.6 Å². The fourth-order valence-corrected chi connectivity index (χ4v) is 2.53. The molecule has 21 heavy (non-hydrogen) atoms. The lowest BCUT2D eigenvalue weighted by Crippen LogP contribution is -2.19. The van der Waals surface area contributed by atoms with Crippen LogP contribution in [0.4, 0.5) is 0 Å². The van der Waals surface area contributed by atoms with Crippen molar-refractivity contribution >= 4 is 15.9 Å². The summed E-state index contributed by atoms with van der Waals surface area (Å²) < 4.78 is 8.18. The molecule has 4 nitrogen and oxygen atoms in total. The van der Waals surface area contributed by atoms with Gasteiger partial charge in [-0.25, -0.2) is 4.68 Å². The largest absolute Gasteiger partial charge is 0.383 e. The highest BCUT2D eigenvalue weighted by Gasteiger charge is 2.11. The molecule has 0 amide bonds. The first-order valence-corrected chi connectivity index (χ1v) is 8.07. The second-order valence-electron chi connectivity index (χ2n) is 4.92. The van der Waals surface area contributed by atoms with Gasteiger partial charge >= 0.3 is 0 Å². The van der Waals surface area contributed by atoms with Gasteiger partial charge in [0.25, 0.3) is 0 Å². The molecule has 5 heteroatoms. The molecule has 0 saturated heterocycles. The predicted molar refractivity (Wildman–Crippen MR) is 88.8 cm³/mol. The Hall–Kier alpha value is -1.17. The first kappa shape index (κ1) is 16.2. The van der Waals surface area contributed by atoms with E-state index in [1.165, 1.54) is 11.3 Å². The zero-order valence-corrected chi connectivity index (χ0v) is 14.2. The lowest BCUT2D eigenvalue weighted by atomic mass is 10.1. The van der Waals surface area contributed by atoms with E-state index in [2.05, 4.69) is 45.4 Å². The average Bonchev–Trinajstić information content (AvgIpc) is 2.88. The number of nitrogens with zero attached hydrogens (tertiary/aromatic N) is 2. The lowest BCUT2D eigenvalue weighted by molar-refractivity contribution is 0.199. The summed E-state index contributed by atoms with van der Waals surface area (Å²) >= 11 is 3.47. The zero-order valence-electron chi connectivity index (χ0n) is 12.6. The van der Waals surface area contributed by atoms with Gasteiger partial charge in [0, 0.05) is 35.9 Å². The minimum Gasteiger partial charge on any atom is -0.383 e. The van der Waals surface area contributed by atoms with Crippen LogP contribution in [-0.4, -0.2) is 30.0 Å². The summed E-state index contributed by atoms with van der Waals surface area (Å²) in [6.07, 6.45) is 4.09. The molecule has 0 fully saturated rings. The van der Waals surface area contributed by atoms with E-state index in [0.29, 0.717) is 0 Å². The Labute approximate surface area is 134 Å². The maximum Gasteiger partial charge on any atom is 0.0649 e. The van der Waals surface area contributed by atoms with Crippen LogP contribution in [0.25, 0.3) is 5.69 Å². The van der Waals surface area contributed by atoms with Crippen molar-refractivity contribution in [2.45, 2.75) is 26.3 Å². The topological polar surface area (TPSA) is 39.1 Å². The molecule has 1 aromatic carbocycles. The van der Waals surface area contributed by atoms with Crippen molar-refractivity contribution in [2.75, 3.05) is 20.3 Å². The van der Waals surface area contributed by atoms with Gasteiger partial charge in [0.15, 0.2) is 0 Å². The SMILES string of the molecule is CCCc1c(CNCCOC)cnn1-c1ccc(Br)cc1. The fraction of sp³-hybridized carbons (Fsp3) is 0.438. The third-order valence-electron chi connectivity index (χ3n) is 3.31. The number of methoxy groups -OCH3 is 1. The van der Waals surface area contributed by atoms with E-state index in [9.17, 15) is 0 Å². The highest BCUT2D eigenvalue weighted by Crippen LogP contribution is 2.19. The number of hydrogen-bond acceptors (Lipinski definition) is 3. The average molecular weight is 352 g/mol. The molecule has 0 aliphatic rings. The second kappa shape index (κ2) is 8.32. The molecule has 0 radical (unpaired) electrons. The molecule has 1 heterocycles. The van der Waals surface area contributed by atoms with Crippen LogP contribution in [0, 0.1) is 0 Å². The maximum absolute atomic E-state index is 5.06. The highest BCUT2D eigenvalue weighted by atomic mass is 79.9. The van der Waals surface area contributed by atoms with Crippen LogP contribution >= 0.6 is 15.9 Å². The summed E-state index contributed by atoms with van der Waals surface area (Å²) in [5, 5.41) is 7.95. The zero-order chi connectivity index (χ0) is 15.1. The van der Waals surface area contributed by atoms with Gasteiger partial charge in [-0.1, -0.05) is 29.3 Å². The number of ether oxygens (including phenoxy) is 1. The van der Waals surface area contributed by atoms with Crippen molar-refractivity contribution in [3.05, 3.63) is 46.2 Å². The molecule has 0 saturated carbocycles. The molecule has 0 unspecified atom stereocenters. The van der Waals surface area contributed by atoms with Gasteiger partial charge in [-0.3, -0.25) is 0 Å². The smallest absolute Gasteiger partial charge is 0.0649 e. The van der Waals surface area contributed by atoms with Crippen molar-refractivity contribution in [1.82, 2.24) is 15.1 Å². The van der Waals surface area contributed by atoms with Gasteiger partial charge in [-0.2, -0.15) is 5.10 Å². The van der Waals surface area contributed by atoms with E-state index in [-0.39, 0.29) is 0 Å². The van der Waals surface area contributed by atoms with Gasteiger partial charge in [-0.05, 0) is 30.7 Å².